The zero-order valence-electron chi connectivity index (χ0n) is 9.06. The van der Waals surface area contributed by atoms with Crippen LogP contribution in [0.15, 0.2) is 42.5 Å². The summed E-state index contributed by atoms with van der Waals surface area (Å²) in [6.07, 6.45) is 0. The van der Waals surface area contributed by atoms with E-state index in [0.29, 0.717) is 23.1 Å². The lowest BCUT2D eigenvalue weighted by Gasteiger charge is -2.09. The molecular weight excluding hydrogens is 238 g/mol. The Bertz CT molecular complexity index is 511. The van der Waals surface area contributed by atoms with E-state index >= 15 is 0 Å². The number of hydrogen-bond acceptors (Lipinski definition) is 3. The van der Waals surface area contributed by atoms with Crippen LogP contribution < -0.4 is 10.5 Å². The fourth-order valence-electron chi connectivity index (χ4n) is 1.39. The van der Waals surface area contributed by atoms with Crippen LogP contribution in [0.25, 0.3) is 0 Å². The van der Waals surface area contributed by atoms with Crippen LogP contribution in [-0.4, -0.2) is 5.11 Å². The summed E-state index contributed by atoms with van der Waals surface area (Å²) in [4.78, 5) is 0. The van der Waals surface area contributed by atoms with Gasteiger partial charge in [-0.2, -0.15) is 0 Å². The third kappa shape index (κ3) is 3.04. The highest BCUT2D eigenvalue weighted by Gasteiger charge is 2.02. The van der Waals surface area contributed by atoms with Gasteiger partial charge in [-0.15, -0.1) is 0 Å². The number of halogens is 1. The predicted octanol–water partition coefficient (Wildman–Crippen LogP) is 3.21. The van der Waals surface area contributed by atoms with E-state index in [4.69, 9.17) is 27.2 Å². The maximum atomic E-state index is 9.14. The third-order valence-electron chi connectivity index (χ3n) is 2.31. The van der Waals surface area contributed by atoms with Crippen molar-refractivity contribution >= 4 is 17.3 Å². The fraction of sp³-hybridized carbons (Fsp3) is 0.0769. The van der Waals surface area contributed by atoms with E-state index in [0.717, 1.165) is 5.56 Å². The van der Waals surface area contributed by atoms with E-state index in [1.54, 1.807) is 42.5 Å². The monoisotopic (exact) mass is 249 g/mol. The minimum absolute atomic E-state index is 0.232. The fourth-order valence-corrected chi connectivity index (χ4v) is 1.55. The number of nitrogen functional groups attached to an aromatic ring is 1. The van der Waals surface area contributed by atoms with E-state index in [1.807, 2.05) is 0 Å². The molecule has 0 aromatic heterocycles. The Balaban J connectivity index is 2.07. The Labute approximate surface area is 104 Å². The van der Waals surface area contributed by atoms with Gasteiger partial charge >= 0.3 is 0 Å². The lowest BCUT2D eigenvalue weighted by molar-refractivity contribution is 0.308. The molecule has 0 radical (unpaired) electrons. The Morgan fingerprint density at radius 2 is 1.82 bits per heavy atom. The number of phenolic OH excluding ortho intramolecular Hbond substituents is 1. The first-order chi connectivity index (χ1) is 8.15. The van der Waals surface area contributed by atoms with Gasteiger partial charge in [0.05, 0.1) is 5.69 Å². The van der Waals surface area contributed by atoms with Crippen LogP contribution in [-0.2, 0) is 6.61 Å². The lowest BCUT2D eigenvalue weighted by atomic mass is 10.2. The molecule has 0 unspecified atom stereocenters. The van der Waals surface area contributed by atoms with Crippen molar-refractivity contribution < 1.29 is 9.84 Å². The van der Waals surface area contributed by atoms with Crippen molar-refractivity contribution in [3.63, 3.8) is 0 Å². The molecule has 0 saturated carbocycles. The van der Waals surface area contributed by atoms with E-state index in [-0.39, 0.29) is 5.75 Å². The van der Waals surface area contributed by atoms with Crippen molar-refractivity contribution in [3.8, 4) is 11.5 Å². The van der Waals surface area contributed by atoms with Crippen LogP contribution in [0, 0.1) is 0 Å². The molecule has 88 valence electrons. The normalized spacial score (nSPS) is 10.2. The standard InChI is InChI=1S/C13H12ClNO2/c14-10-3-6-12(15)13(7-10)17-8-9-1-4-11(16)5-2-9/h1-7,16H,8,15H2. The molecule has 0 aliphatic carbocycles. The molecule has 3 nitrogen and oxygen atoms in total. The molecule has 0 aliphatic rings. The molecular formula is C13H12ClNO2. The Kier molecular flexibility index (Phi) is 3.40. The summed E-state index contributed by atoms with van der Waals surface area (Å²) in [5, 5.41) is 9.73. The average Bonchev–Trinajstić information content (AvgIpc) is 2.32. The number of ether oxygens (including phenoxy) is 1. The summed E-state index contributed by atoms with van der Waals surface area (Å²) in [5.74, 6) is 0.793. The van der Waals surface area contributed by atoms with E-state index in [2.05, 4.69) is 0 Å². The highest BCUT2D eigenvalue weighted by atomic mass is 35.5. The number of anilines is 1. The van der Waals surface area contributed by atoms with Gasteiger partial charge < -0.3 is 15.6 Å². The maximum absolute atomic E-state index is 9.14. The molecule has 3 N–H and O–H groups in total. The summed E-state index contributed by atoms with van der Waals surface area (Å²) < 4.78 is 5.55. The van der Waals surface area contributed by atoms with Gasteiger partial charge in [0.15, 0.2) is 0 Å². The van der Waals surface area contributed by atoms with Gasteiger partial charge in [0, 0.05) is 11.1 Å². The Morgan fingerprint density at radius 3 is 2.53 bits per heavy atom. The Morgan fingerprint density at radius 1 is 1.12 bits per heavy atom. The molecule has 0 amide bonds. The minimum atomic E-state index is 0.232. The number of benzene rings is 2. The van der Waals surface area contributed by atoms with Crippen LogP contribution in [0.3, 0.4) is 0 Å². The molecule has 0 fully saturated rings. The summed E-state index contributed by atoms with van der Waals surface area (Å²) in [5.41, 5.74) is 7.25. The van der Waals surface area contributed by atoms with Gasteiger partial charge in [0.25, 0.3) is 0 Å². The zero-order chi connectivity index (χ0) is 12.3. The molecule has 0 spiro atoms. The van der Waals surface area contributed by atoms with Gasteiger partial charge in [-0.3, -0.25) is 0 Å². The van der Waals surface area contributed by atoms with Crippen LogP contribution in [0.1, 0.15) is 5.56 Å². The summed E-state index contributed by atoms with van der Waals surface area (Å²) in [6.45, 7) is 0.380. The van der Waals surface area contributed by atoms with Crippen LogP contribution in [0.5, 0.6) is 11.5 Å². The average molecular weight is 250 g/mol. The molecule has 2 rings (SSSR count). The van der Waals surface area contributed by atoms with Crippen molar-refractivity contribution in [1.29, 1.82) is 0 Å². The predicted molar refractivity (Wildman–Crippen MR) is 68.3 cm³/mol. The number of rotatable bonds is 3. The molecule has 17 heavy (non-hydrogen) atoms. The van der Waals surface area contributed by atoms with Crippen LogP contribution in [0.4, 0.5) is 5.69 Å². The van der Waals surface area contributed by atoms with Crippen LogP contribution in [0.2, 0.25) is 5.02 Å². The van der Waals surface area contributed by atoms with E-state index < -0.39 is 0 Å². The molecule has 2 aromatic rings. The maximum Gasteiger partial charge on any atom is 0.144 e. The first kappa shape index (κ1) is 11.6. The van der Waals surface area contributed by atoms with Gasteiger partial charge in [-0.1, -0.05) is 23.7 Å². The van der Waals surface area contributed by atoms with Crippen LogP contribution >= 0.6 is 11.6 Å². The molecule has 2 aromatic carbocycles. The second-order valence-electron chi connectivity index (χ2n) is 3.64. The Hall–Kier alpha value is -1.87. The first-order valence-corrected chi connectivity index (χ1v) is 5.48. The van der Waals surface area contributed by atoms with Gasteiger partial charge in [0.2, 0.25) is 0 Å². The minimum Gasteiger partial charge on any atom is -0.508 e. The van der Waals surface area contributed by atoms with Gasteiger partial charge in [-0.25, -0.2) is 0 Å². The van der Waals surface area contributed by atoms with Crippen molar-refractivity contribution in [1.82, 2.24) is 0 Å². The van der Waals surface area contributed by atoms with Crippen molar-refractivity contribution in [3.05, 3.63) is 53.1 Å². The summed E-state index contributed by atoms with van der Waals surface area (Å²) >= 11 is 5.85. The van der Waals surface area contributed by atoms with E-state index in [1.165, 1.54) is 0 Å². The highest BCUT2D eigenvalue weighted by Crippen LogP contribution is 2.26. The SMILES string of the molecule is Nc1ccc(Cl)cc1OCc1ccc(O)cc1. The molecule has 4 heteroatoms. The molecule has 0 atom stereocenters. The second kappa shape index (κ2) is 4.97. The first-order valence-electron chi connectivity index (χ1n) is 5.11. The topological polar surface area (TPSA) is 55.5 Å². The molecule has 0 heterocycles. The van der Waals surface area contributed by atoms with Crippen molar-refractivity contribution in [2.75, 3.05) is 5.73 Å². The highest BCUT2D eigenvalue weighted by molar-refractivity contribution is 6.30. The summed E-state index contributed by atoms with van der Waals surface area (Å²) in [7, 11) is 0. The molecule has 0 bridgehead atoms. The zero-order valence-corrected chi connectivity index (χ0v) is 9.82. The van der Waals surface area contributed by atoms with Gasteiger partial charge in [0.1, 0.15) is 18.1 Å². The van der Waals surface area contributed by atoms with E-state index in [9.17, 15) is 0 Å². The number of aromatic hydroxyl groups is 1. The third-order valence-corrected chi connectivity index (χ3v) is 2.54. The second-order valence-corrected chi connectivity index (χ2v) is 4.07. The molecule has 0 aliphatic heterocycles. The largest absolute Gasteiger partial charge is 0.508 e. The smallest absolute Gasteiger partial charge is 0.144 e. The number of nitrogens with two attached hydrogens (primary N) is 1. The van der Waals surface area contributed by atoms with Crippen molar-refractivity contribution in [2.24, 2.45) is 0 Å². The summed E-state index contributed by atoms with van der Waals surface area (Å²) in [6, 6.07) is 11.9. The number of hydrogen-bond donors (Lipinski definition) is 2. The number of phenols is 1. The molecule has 0 saturated heterocycles. The van der Waals surface area contributed by atoms with Crippen molar-refractivity contribution in [2.45, 2.75) is 6.61 Å². The quantitative estimate of drug-likeness (QED) is 0.822. The van der Waals surface area contributed by atoms with Gasteiger partial charge in [-0.05, 0) is 29.8 Å². The lowest BCUT2D eigenvalue weighted by Crippen LogP contribution is -1.98.